The highest BCUT2D eigenvalue weighted by molar-refractivity contribution is 5.36. The van der Waals surface area contributed by atoms with Crippen molar-refractivity contribution in [3.05, 3.63) is 64.5 Å². The number of aromatic nitrogens is 1. The van der Waals surface area contributed by atoms with Gasteiger partial charge < -0.3 is 5.32 Å². The van der Waals surface area contributed by atoms with E-state index in [0.29, 0.717) is 5.56 Å². The normalized spacial score (nSPS) is 12.5. The molecule has 19 heavy (non-hydrogen) atoms. The molecule has 1 heterocycles. The minimum absolute atomic E-state index is 0.0369. The molecule has 1 aromatic heterocycles. The van der Waals surface area contributed by atoms with E-state index < -0.39 is 17.7 Å². The summed E-state index contributed by atoms with van der Waals surface area (Å²) in [6, 6.07) is 4.05. The second-order valence-electron chi connectivity index (χ2n) is 4.61. The number of pyridine rings is 1. The van der Waals surface area contributed by atoms with Gasteiger partial charge in [0, 0.05) is 18.0 Å². The highest BCUT2D eigenvalue weighted by Gasteiger charge is 2.22. The number of hydrogen-bond donors (Lipinski definition) is 1. The third-order valence-electron chi connectivity index (χ3n) is 3.13. The number of aryl methyl sites for hydroxylation is 2. The molecule has 0 aliphatic heterocycles. The summed E-state index contributed by atoms with van der Waals surface area (Å²) in [7, 11) is 1.67. The standard InChI is InChI=1S/C15H16F2N2/c1-9-6-11(8-19-7-9)15(18-3)13-12(16)5-4-10(2)14(13)17/h4-8,15,18H,1-3H3. The van der Waals surface area contributed by atoms with Gasteiger partial charge in [-0.2, -0.15) is 0 Å². The van der Waals surface area contributed by atoms with Crippen LogP contribution >= 0.6 is 0 Å². The fourth-order valence-electron chi connectivity index (χ4n) is 2.16. The summed E-state index contributed by atoms with van der Waals surface area (Å²) >= 11 is 0. The number of benzene rings is 1. The molecule has 1 unspecified atom stereocenters. The van der Waals surface area contributed by atoms with E-state index in [2.05, 4.69) is 10.3 Å². The molecule has 0 amide bonds. The van der Waals surface area contributed by atoms with E-state index in [0.717, 1.165) is 11.1 Å². The van der Waals surface area contributed by atoms with Crippen LogP contribution in [0.2, 0.25) is 0 Å². The Hall–Kier alpha value is -1.81. The molecule has 1 aromatic carbocycles. The van der Waals surface area contributed by atoms with Gasteiger partial charge in [0.2, 0.25) is 0 Å². The summed E-state index contributed by atoms with van der Waals surface area (Å²) in [6.45, 7) is 3.52. The average molecular weight is 262 g/mol. The summed E-state index contributed by atoms with van der Waals surface area (Å²) in [5.74, 6) is -1.06. The molecule has 1 N–H and O–H groups in total. The smallest absolute Gasteiger partial charge is 0.134 e. The van der Waals surface area contributed by atoms with Crippen molar-refractivity contribution in [2.75, 3.05) is 7.05 Å². The van der Waals surface area contributed by atoms with Crippen molar-refractivity contribution in [2.24, 2.45) is 0 Å². The van der Waals surface area contributed by atoms with E-state index >= 15 is 0 Å². The molecule has 0 saturated heterocycles. The van der Waals surface area contributed by atoms with Gasteiger partial charge in [-0.15, -0.1) is 0 Å². The van der Waals surface area contributed by atoms with Crippen molar-refractivity contribution in [1.82, 2.24) is 10.3 Å². The van der Waals surface area contributed by atoms with Crippen LogP contribution in [-0.4, -0.2) is 12.0 Å². The first-order chi connectivity index (χ1) is 9.04. The Kier molecular flexibility index (Phi) is 3.90. The number of rotatable bonds is 3. The van der Waals surface area contributed by atoms with E-state index in [1.165, 1.54) is 12.1 Å². The Morgan fingerprint density at radius 3 is 2.53 bits per heavy atom. The lowest BCUT2D eigenvalue weighted by atomic mass is 9.96. The number of hydrogen-bond acceptors (Lipinski definition) is 2. The van der Waals surface area contributed by atoms with Gasteiger partial charge in [-0.25, -0.2) is 8.78 Å². The second kappa shape index (κ2) is 5.45. The molecule has 2 rings (SSSR count). The van der Waals surface area contributed by atoms with Crippen LogP contribution in [0.5, 0.6) is 0 Å². The second-order valence-corrected chi connectivity index (χ2v) is 4.61. The quantitative estimate of drug-likeness (QED) is 0.918. The van der Waals surface area contributed by atoms with Crippen LogP contribution in [0.3, 0.4) is 0 Å². The molecule has 0 aliphatic rings. The average Bonchev–Trinajstić information content (AvgIpc) is 2.39. The van der Waals surface area contributed by atoms with Gasteiger partial charge in [0.1, 0.15) is 11.6 Å². The molecule has 0 saturated carbocycles. The number of halogens is 2. The molecule has 0 aliphatic carbocycles. The summed E-state index contributed by atoms with van der Waals surface area (Å²) in [4.78, 5) is 4.08. The Balaban J connectivity index is 2.57. The fourth-order valence-corrected chi connectivity index (χ4v) is 2.16. The molecule has 100 valence electrons. The zero-order valence-electron chi connectivity index (χ0n) is 11.2. The Morgan fingerprint density at radius 1 is 1.16 bits per heavy atom. The van der Waals surface area contributed by atoms with Crippen molar-refractivity contribution in [1.29, 1.82) is 0 Å². The topological polar surface area (TPSA) is 24.9 Å². The Labute approximate surface area is 111 Å². The summed E-state index contributed by atoms with van der Waals surface area (Å²) in [5, 5.41) is 2.95. The third-order valence-corrected chi connectivity index (χ3v) is 3.13. The van der Waals surface area contributed by atoms with Gasteiger partial charge in [0.25, 0.3) is 0 Å². The molecular weight excluding hydrogens is 246 g/mol. The molecule has 2 nitrogen and oxygen atoms in total. The monoisotopic (exact) mass is 262 g/mol. The lowest BCUT2D eigenvalue weighted by molar-refractivity contribution is 0.517. The van der Waals surface area contributed by atoms with E-state index in [1.807, 2.05) is 13.0 Å². The maximum atomic E-state index is 14.2. The lowest BCUT2D eigenvalue weighted by Crippen LogP contribution is -2.21. The summed E-state index contributed by atoms with van der Waals surface area (Å²) in [6.07, 6.45) is 3.33. The Morgan fingerprint density at radius 2 is 1.89 bits per heavy atom. The van der Waals surface area contributed by atoms with Gasteiger partial charge in [0.15, 0.2) is 0 Å². The maximum absolute atomic E-state index is 14.2. The largest absolute Gasteiger partial charge is 0.309 e. The minimum Gasteiger partial charge on any atom is -0.309 e. The molecular formula is C15H16F2N2. The lowest BCUT2D eigenvalue weighted by Gasteiger charge is -2.19. The van der Waals surface area contributed by atoms with Crippen LogP contribution in [0.15, 0.2) is 30.6 Å². The first kappa shape index (κ1) is 13.6. The van der Waals surface area contributed by atoms with E-state index in [9.17, 15) is 8.78 Å². The van der Waals surface area contributed by atoms with Crippen LogP contribution in [-0.2, 0) is 0 Å². The molecule has 0 fully saturated rings. The van der Waals surface area contributed by atoms with Crippen LogP contribution in [0.25, 0.3) is 0 Å². The predicted octanol–water partition coefficient (Wildman–Crippen LogP) is 3.29. The molecule has 0 bridgehead atoms. The van der Waals surface area contributed by atoms with Crippen LogP contribution < -0.4 is 5.32 Å². The van der Waals surface area contributed by atoms with Crippen LogP contribution in [0.4, 0.5) is 8.78 Å². The first-order valence-electron chi connectivity index (χ1n) is 6.08. The molecule has 4 heteroatoms. The van der Waals surface area contributed by atoms with E-state index in [4.69, 9.17) is 0 Å². The molecule has 2 aromatic rings. The number of nitrogens with zero attached hydrogens (tertiary/aromatic N) is 1. The van der Waals surface area contributed by atoms with Gasteiger partial charge in [-0.3, -0.25) is 4.98 Å². The van der Waals surface area contributed by atoms with Crippen LogP contribution in [0, 0.1) is 25.5 Å². The van der Waals surface area contributed by atoms with Gasteiger partial charge in [0.05, 0.1) is 6.04 Å². The van der Waals surface area contributed by atoms with Crippen molar-refractivity contribution in [3.63, 3.8) is 0 Å². The molecule has 0 spiro atoms. The van der Waals surface area contributed by atoms with E-state index in [1.54, 1.807) is 26.4 Å². The third kappa shape index (κ3) is 2.63. The summed E-state index contributed by atoms with van der Waals surface area (Å²) in [5.41, 5.74) is 2.16. The molecule has 0 radical (unpaired) electrons. The highest BCUT2D eigenvalue weighted by atomic mass is 19.1. The zero-order chi connectivity index (χ0) is 14.0. The Bertz CT molecular complexity index is 597. The predicted molar refractivity (Wildman–Crippen MR) is 71.0 cm³/mol. The van der Waals surface area contributed by atoms with Gasteiger partial charge in [-0.05, 0) is 43.7 Å². The zero-order valence-corrected chi connectivity index (χ0v) is 11.2. The SMILES string of the molecule is CNC(c1cncc(C)c1)c1c(F)ccc(C)c1F. The minimum atomic E-state index is -0.552. The van der Waals surface area contributed by atoms with Gasteiger partial charge in [-0.1, -0.05) is 12.1 Å². The first-order valence-corrected chi connectivity index (χ1v) is 6.08. The van der Waals surface area contributed by atoms with Crippen molar-refractivity contribution < 1.29 is 8.78 Å². The fraction of sp³-hybridized carbons (Fsp3) is 0.267. The summed E-state index contributed by atoms with van der Waals surface area (Å²) < 4.78 is 28.1. The van der Waals surface area contributed by atoms with E-state index in [-0.39, 0.29) is 5.56 Å². The van der Waals surface area contributed by atoms with Crippen molar-refractivity contribution >= 4 is 0 Å². The van der Waals surface area contributed by atoms with Crippen LogP contribution in [0.1, 0.15) is 28.3 Å². The maximum Gasteiger partial charge on any atom is 0.134 e. The van der Waals surface area contributed by atoms with Gasteiger partial charge >= 0.3 is 0 Å². The molecule has 1 atom stereocenters. The number of nitrogens with one attached hydrogen (secondary N) is 1. The van der Waals surface area contributed by atoms with Crippen molar-refractivity contribution in [3.8, 4) is 0 Å². The van der Waals surface area contributed by atoms with Crippen molar-refractivity contribution in [2.45, 2.75) is 19.9 Å². The highest BCUT2D eigenvalue weighted by Crippen LogP contribution is 2.28.